The molecule has 0 aliphatic carbocycles. The van der Waals surface area contributed by atoms with Crippen LogP contribution in [0.2, 0.25) is 0 Å². The first-order chi connectivity index (χ1) is 12.1. The summed E-state index contributed by atoms with van der Waals surface area (Å²) in [5.41, 5.74) is 6.25. The zero-order valence-electron chi connectivity index (χ0n) is 16.1. The molecule has 0 unspecified atom stereocenters. The Morgan fingerprint density at radius 3 is 2.35 bits per heavy atom. The standard InChI is InChI=1S/C19H32N4O2.HI/c1-4-15(5-2)13-23-19(21-6-3)22-12-11-16-7-9-17(10-8-16)25-14-18(20)24;/h7-10,15H,4-6,11-14H2,1-3H3,(H2,20,24)(H2,21,22,23);1H. The number of hydrogen-bond acceptors (Lipinski definition) is 3. The molecule has 0 spiro atoms. The zero-order valence-corrected chi connectivity index (χ0v) is 18.4. The number of nitrogens with one attached hydrogen (secondary N) is 2. The summed E-state index contributed by atoms with van der Waals surface area (Å²) in [7, 11) is 0. The van der Waals surface area contributed by atoms with Gasteiger partial charge in [0.1, 0.15) is 5.75 Å². The van der Waals surface area contributed by atoms with Gasteiger partial charge in [-0.15, -0.1) is 24.0 Å². The van der Waals surface area contributed by atoms with Crippen LogP contribution in [0.25, 0.3) is 0 Å². The minimum atomic E-state index is -0.475. The molecule has 0 aliphatic rings. The molecule has 0 saturated heterocycles. The number of rotatable bonds is 11. The summed E-state index contributed by atoms with van der Waals surface area (Å²) in [5.74, 6) is 1.69. The predicted molar refractivity (Wildman–Crippen MR) is 118 cm³/mol. The van der Waals surface area contributed by atoms with Crippen LogP contribution in [0.5, 0.6) is 5.75 Å². The average Bonchev–Trinajstić information content (AvgIpc) is 2.61. The first-order valence-corrected chi connectivity index (χ1v) is 9.11. The van der Waals surface area contributed by atoms with Gasteiger partial charge in [0.25, 0.3) is 5.91 Å². The molecule has 0 bridgehead atoms. The maximum Gasteiger partial charge on any atom is 0.255 e. The van der Waals surface area contributed by atoms with Crippen molar-refractivity contribution >= 4 is 35.8 Å². The third-order valence-corrected chi connectivity index (χ3v) is 4.02. The van der Waals surface area contributed by atoms with E-state index in [1.807, 2.05) is 24.3 Å². The van der Waals surface area contributed by atoms with Gasteiger partial charge in [-0.3, -0.25) is 9.79 Å². The fraction of sp³-hybridized carbons (Fsp3) is 0.579. The average molecular weight is 476 g/mol. The number of primary amides is 1. The number of nitrogens with zero attached hydrogens (tertiary/aromatic N) is 1. The monoisotopic (exact) mass is 476 g/mol. The van der Waals surface area contributed by atoms with E-state index >= 15 is 0 Å². The van der Waals surface area contributed by atoms with Crippen molar-refractivity contribution in [1.82, 2.24) is 10.6 Å². The summed E-state index contributed by atoms with van der Waals surface area (Å²) in [5, 5.41) is 6.66. The summed E-state index contributed by atoms with van der Waals surface area (Å²) in [6.07, 6.45) is 3.19. The first kappa shape index (κ1) is 24.5. The summed E-state index contributed by atoms with van der Waals surface area (Å²) in [6.45, 7) is 8.89. The molecule has 0 radical (unpaired) electrons. The minimum Gasteiger partial charge on any atom is -0.484 e. The van der Waals surface area contributed by atoms with E-state index in [9.17, 15) is 4.79 Å². The van der Waals surface area contributed by atoms with Crippen LogP contribution >= 0.6 is 24.0 Å². The highest BCUT2D eigenvalue weighted by atomic mass is 127. The largest absolute Gasteiger partial charge is 0.484 e. The summed E-state index contributed by atoms with van der Waals surface area (Å²) < 4.78 is 5.25. The van der Waals surface area contributed by atoms with Gasteiger partial charge in [-0.1, -0.05) is 38.8 Å². The lowest BCUT2D eigenvalue weighted by Gasteiger charge is -2.14. The summed E-state index contributed by atoms with van der Waals surface area (Å²) >= 11 is 0. The Morgan fingerprint density at radius 2 is 1.81 bits per heavy atom. The van der Waals surface area contributed by atoms with Crippen LogP contribution in [-0.4, -0.2) is 38.1 Å². The molecule has 1 aromatic carbocycles. The molecular weight excluding hydrogens is 443 g/mol. The van der Waals surface area contributed by atoms with E-state index in [1.165, 1.54) is 5.56 Å². The van der Waals surface area contributed by atoms with Gasteiger partial charge in [0.2, 0.25) is 0 Å². The van der Waals surface area contributed by atoms with E-state index < -0.39 is 5.91 Å². The molecule has 7 heteroatoms. The number of benzene rings is 1. The molecule has 0 saturated carbocycles. The first-order valence-electron chi connectivity index (χ1n) is 9.11. The Labute approximate surface area is 174 Å². The molecule has 0 atom stereocenters. The Hall–Kier alpha value is -1.51. The van der Waals surface area contributed by atoms with E-state index in [-0.39, 0.29) is 30.6 Å². The SMILES string of the molecule is CCNC(=NCC(CC)CC)NCCc1ccc(OCC(N)=O)cc1.I. The van der Waals surface area contributed by atoms with Crippen molar-refractivity contribution in [2.24, 2.45) is 16.6 Å². The lowest BCUT2D eigenvalue weighted by molar-refractivity contribution is -0.119. The van der Waals surface area contributed by atoms with Gasteiger partial charge in [-0.25, -0.2) is 0 Å². The maximum atomic E-state index is 10.7. The van der Waals surface area contributed by atoms with Gasteiger partial charge in [-0.05, 0) is 37.0 Å². The lowest BCUT2D eigenvalue weighted by Crippen LogP contribution is -2.38. The third kappa shape index (κ3) is 10.5. The quantitative estimate of drug-likeness (QED) is 0.260. The molecule has 1 amide bonds. The molecular formula is C19H33IN4O2. The number of ether oxygens (including phenoxy) is 1. The van der Waals surface area contributed by atoms with Crippen LogP contribution in [0.1, 0.15) is 39.2 Å². The van der Waals surface area contributed by atoms with Gasteiger partial charge >= 0.3 is 0 Å². The highest BCUT2D eigenvalue weighted by molar-refractivity contribution is 14.0. The summed E-state index contributed by atoms with van der Waals surface area (Å²) in [4.78, 5) is 15.4. The van der Waals surface area contributed by atoms with E-state index in [0.29, 0.717) is 11.7 Å². The fourth-order valence-electron chi connectivity index (χ4n) is 2.34. The Balaban J connectivity index is 0.00000625. The van der Waals surface area contributed by atoms with Crippen LogP contribution in [0, 0.1) is 5.92 Å². The van der Waals surface area contributed by atoms with E-state index in [0.717, 1.165) is 44.9 Å². The van der Waals surface area contributed by atoms with Crippen molar-refractivity contribution in [2.75, 3.05) is 26.2 Å². The van der Waals surface area contributed by atoms with Gasteiger partial charge in [0.15, 0.2) is 12.6 Å². The topological polar surface area (TPSA) is 88.7 Å². The molecule has 148 valence electrons. The zero-order chi connectivity index (χ0) is 18.5. The number of nitrogens with two attached hydrogens (primary N) is 1. The van der Waals surface area contributed by atoms with E-state index in [1.54, 1.807) is 0 Å². The van der Waals surface area contributed by atoms with Gasteiger partial charge in [-0.2, -0.15) is 0 Å². The molecule has 26 heavy (non-hydrogen) atoms. The smallest absolute Gasteiger partial charge is 0.255 e. The second-order valence-corrected chi connectivity index (χ2v) is 5.98. The van der Waals surface area contributed by atoms with E-state index in [4.69, 9.17) is 10.5 Å². The van der Waals surface area contributed by atoms with Crippen LogP contribution in [0.3, 0.4) is 0 Å². The van der Waals surface area contributed by atoms with Crippen LogP contribution in [0.15, 0.2) is 29.3 Å². The molecule has 0 heterocycles. The van der Waals surface area contributed by atoms with Gasteiger partial charge in [0, 0.05) is 19.6 Å². The van der Waals surface area contributed by atoms with Crippen LogP contribution in [-0.2, 0) is 11.2 Å². The molecule has 0 fully saturated rings. The number of aliphatic imine (C=N–C) groups is 1. The van der Waals surface area contributed by atoms with Crippen molar-refractivity contribution in [2.45, 2.75) is 40.0 Å². The molecule has 1 aromatic rings. The van der Waals surface area contributed by atoms with Crippen molar-refractivity contribution in [3.05, 3.63) is 29.8 Å². The van der Waals surface area contributed by atoms with Crippen LogP contribution < -0.4 is 21.1 Å². The van der Waals surface area contributed by atoms with Gasteiger partial charge in [0.05, 0.1) is 0 Å². The van der Waals surface area contributed by atoms with Crippen molar-refractivity contribution in [3.63, 3.8) is 0 Å². The van der Waals surface area contributed by atoms with Gasteiger partial charge < -0.3 is 21.1 Å². The molecule has 4 N–H and O–H groups in total. The number of halogens is 1. The third-order valence-electron chi connectivity index (χ3n) is 4.02. The second kappa shape index (κ2) is 14.6. The number of guanidine groups is 1. The normalized spacial score (nSPS) is 11.0. The number of hydrogen-bond donors (Lipinski definition) is 3. The Bertz CT molecular complexity index is 531. The molecule has 0 aliphatic heterocycles. The second-order valence-electron chi connectivity index (χ2n) is 5.98. The molecule has 1 rings (SSSR count). The number of carbonyl (C=O) groups excluding carboxylic acids is 1. The highest BCUT2D eigenvalue weighted by Gasteiger charge is 2.04. The predicted octanol–water partition coefficient (Wildman–Crippen LogP) is 2.70. The fourth-order valence-corrected chi connectivity index (χ4v) is 2.34. The van der Waals surface area contributed by atoms with E-state index in [2.05, 4.69) is 36.4 Å². The minimum absolute atomic E-state index is 0. The Kier molecular flexibility index (Phi) is 13.8. The number of amides is 1. The highest BCUT2D eigenvalue weighted by Crippen LogP contribution is 2.12. The van der Waals surface area contributed by atoms with Crippen molar-refractivity contribution in [1.29, 1.82) is 0 Å². The number of carbonyl (C=O) groups is 1. The summed E-state index contributed by atoms with van der Waals surface area (Å²) in [6, 6.07) is 7.69. The maximum absolute atomic E-state index is 10.7. The van der Waals surface area contributed by atoms with Crippen molar-refractivity contribution < 1.29 is 9.53 Å². The van der Waals surface area contributed by atoms with Crippen LogP contribution in [0.4, 0.5) is 0 Å². The van der Waals surface area contributed by atoms with Crippen molar-refractivity contribution in [3.8, 4) is 5.75 Å². The Morgan fingerprint density at radius 1 is 1.15 bits per heavy atom. The molecule has 6 nitrogen and oxygen atoms in total. The lowest BCUT2D eigenvalue weighted by atomic mass is 10.0. The molecule has 0 aromatic heterocycles.